The van der Waals surface area contributed by atoms with E-state index in [-0.39, 0.29) is 16.6 Å². The van der Waals surface area contributed by atoms with Crippen LogP contribution in [0.25, 0.3) is 0 Å². The van der Waals surface area contributed by atoms with Crippen LogP contribution in [-0.2, 0) is 14.8 Å². The van der Waals surface area contributed by atoms with E-state index in [1.54, 1.807) is 6.07 Å². The van der Waals surface area contributed by atoms with E-state index >= 15 is 0 Å². The van der Waals surface area contributed by atoms with Crippen molar-refractivity contribution in [2.45, 2.75) is 62.5 Å². The largest absolute Gasteiger partial charge is 0.377 e. The normalized spacial score (nSPS) is 27.5. The van der Waals surface area contributed by atoms with Crippen molar-refractivity contribution in [1.82, 2.24) is 9.62 Å². The van der Waals surface area contributed by atoms with Gasteiger partial charge in [-0.25, -0.2) is 13.1 Å². The Morgan fingerprint density at radius 3 is 2.47 bits per heavy atom. The number of nitrogens with zero attached hydrogens (tertiary/aromatic N) is 3. The van der Waals surface area contributed by atoms with Gasteiger partial charge in [0.2, 0.25) is 10.0 Å². The molecule has 1 unspecified atom stereocenters. The molecular formula is C22H34N4O5S. The first kappa shape index (κ1) is 23.4. The molecule has 178 valence electrons. The first-order valence-corrected chi connectivity index (χ1v) is 13.2. The molecular weight excluding hydrogens is 432 g/mol. The van der Waals surface area contributed by atoms with Crippen LogP contribution in [0.15, 0.2) is 23.1 Å². The average molecular weight is 467 g/mol. The summed E-state index contributed by atoms with van der Waals surface area (Å²) in [4.78, 5) is 15.6. The van der Waals surface area contributed by atoms with E-state index in [1.165, 1.54) is 12.1 Å². The number of nitrogens with one attached hydrogen (secondary N) is 1. The Labute approximate surface area is 190 Å². The molecule has 1 aromatic carbocycles. The third-order valence-electron chi connectivity index (χ3n) is 6.99. The van der Waals surface area contributed by atoms with Crippen LogP contribution in [0, 0.1) is 16.0 Å². The Balaban J connectivity index is 1.43. The summed E-state index contributed by atoms with van der Waals surface area (Å²) in [5.74, 6) is 0.613. The van der Waals surface area contributed by atoms with Crippen LogP contribution in [0.2, 0.25) is 0 Å². The lowest BCUT2D eigenvalue weighted by Crippen LogP contribution is -2.48. The lowest BCUT2D eigenvalue weighted by Gasteiger charge is -2.36. The molecule has 0 radical (unpaired) electrons. The van der Waals surface area contributed by atoms with Crippen LogP contribution in [0.3, 0.4) is 0 Å². The Morgan fingerprint density at radius 1 is 1.12 bits per heavy atom. The molecule has 3 fully saturated rings. The van der Waals surface area contributed by atoms with Gasteiger partial charge in [-0.15, -0.1) is 0 Å². The Bertz CT molecular complexity index is 903. The van der Waals surface area contributed by atoms with Crippen molar-refractivity contribution in [3.05, 3.63) is 28.3 Å². The molecule has 0 aromatic heterocycles. The lowest BCUT2D eigenvalue weighted by atomic mass is 9.88. The highest BCUT2D eigenvalue weighted by Gasteiger charge is 2.29. The number of rotatable bonds is 7. The smallest absolute Gasteiger partial charge is 0.293 e. The summed E-state index contributed by atoms with van der Waals surface area (Å²) >= 11 is 0. The molecule has 32 heavy (non-hydrogen) atoms. The number of sulfonamides is 1. The Morgan fingerprint density at radius 2 is 1.84 bits per heavy atom. The predicted molar refractivity (Wildman–Crippen MR) is 122 cm³/mol. The molecule has 1 N–H and O–H groups in total. The molecule has 0 amide bonds. The van der Waals surface area contributed by atoms with Crippen molar-refractivity contribution in [2.75, 3.05) is 44.2 Å². The maximum absolute atomic E-state index is 12.9. The molecule has 1 aromatic rings. The average Bonchev–Trinajstić information content (AvgIpc) is 3.28. The first-order valence-electron chi connectivity index (χ1n) is 11.7. The van der Waals surface area contributed by atoms with E-state index in [9.17, 15) is 18.5 Å². The van der Waals surface area contributed by atoms with Gasteiger partial charge in [-0.2, -0.15) is 0 Å². The fraction of sp³-hybridized carbons (Fsp3) is 0.727. The molecule has 2 heterocycles. The Kier molecular flexibility index (Phi) is 7.34. The van der Waals surface area contributed by atoms with Crippen molar-refractivity contribution in [2.24, 2.45) is 5.92 Å². The molecule has 3 aliphatic rings. The molecule has 2 saturated heterocycles. The summed E-state index contributed by atoms with van der Waals surface area (Å²) in [7, 11) is -3.80. The molecule has 2 aliphatic heterocycles. The summed E-state index contributed by atoms with van der Waals surface area (Å²) in [6, 6.07) is 4.19. The van der Waals surface area contributed by atoms with Crippen LogP contribution < -0.4 is 9.62 Å². The molecule has 4 rings (SSSR count). The van der Waals surface area contributed by atoms with Crippen molar-refractivity contribution < 1.29 is 18.1 Å². The third-order valence-corrected chi connectivity index (χ3v) is 8.51. The standard InChI is InChI=1S/C22H34N4O5S/c1-17-4-6-18(7-5-17)23-32(29,30)20-8-9-21(22(15-20)26(27)28)25-12-10-24(11-13-25)16-19-3-2-14-31-19/h8-9,15,17-19,23H,2-7,10-14,16H2,1H3. The fourth-order valence-corrected chi connectivity index (χ4v) is 6.32. The monoisotopic (exact) mass is 466 g/mol. The molecule has 1 saturated carbocycles. The number of nitro benzene ring substituents is 1. The molecule has 0 spiro atoms. The first-order chi connectivity index (χ1) is 15.3. The van der Waals surface area contributed by atoms with Gasteiger partial charge >= 0.3 is 0 Å². The van der Waals surface area contributed by atoms with Gasteiger partial charge in [0.25, 0.3) is 5.69 Å². The zero-order valence-corrected chi connectivity index (χ0v) is 19.6. The van der Waals surface area contributed by atoms with Crippen molar-refractivity contribution >= 4 is 21.4 Å². The third kappa shape index (κ3) is 5.59. The van der Waals surface area contributed by atoms with Gasteiger partial charge in [-0.3, -0.25) is 15.0 Å². The van der Waals surface area contributed by atoms with Crippen LogP contribution in [0.5, 0.6) is 0 Å². The van der Waals surface area contributed by atoms with Gasteiger partial charge in [0.15, 0.2) is 0 Å². The molecule has 0 bridgehead atoms. The summed E-state index contributed by atoms with van der Waals surface area (Å²) in [6.07, 6.45) is 6.08. The second-order valence-electron chi connectivity index (χ2n) is 9.41. The highest BCUT2D eigenvalue weighted by atomic mass is 32.2. The topological polar surface area (TPSA) is 105 Å². The van der Waals surface area contributed by atoms with E-state index in [1.807, 2.05) is 4.90 Å². The number of piperazine rings is 1. The van der Waals surface area contributed by atoms with Gasteiger partial charge < -0.3 is 9.64 Å². The number of hydrogen-bond donors (Lipinski definition) is 1. The molecule has 10 heteroatoms. The van der Waals surface area contributed by atoms with E-state index in [0.29, 0.717) is 30.8 Å². The van der Waals surface area contributed by atoms with Crippen LogP contribution >= 0.6 is 0 Å². The quantitative estimate of drug-likeness (QED) is 0.487. The maximum Gasteiger partial charge on any atom is 0.293 e. The Hall–Kier alpha value is -1.75. The summed E-state index contributed by atoms with van der Waals surface area (Å²) in [6.45, 7) is 6.85. The number of anilines is 1. The van der Waals surface area contributed by atoms with Gasteiger partial charge in [-0.05, 0) is 56.6 Å². The zero-order chi connectivity index (χ0) is 22.7. The lowest BCUT2D eigenvalue weighted by molar-refractivity contribution is -0.384. The van der Waals surface area contributed by atoms with Gasteiger partial charge in [0.05, 0.1) is 15.9 Å². The minimum absolute atomic E-state index is 0.0383. The molecule has 1 atom stereocenters. The van der Waals surface area contributed by atoms with Gasteiger partial charge in [0.1, 0.15) is 5.69 Å². The molecule has 1 aliphatic carbocycles. The predicted octanol–water partition coefficient (Wildman–Crippen LogP) is 2.75. The number of benzene rings is 1. The van der Waals surface area contributed by atoms with E-state index < -0.39 is 14.9 Å². The summed E-state index contributed by atoms with van der Waals surface area (Å²) in [5, 5.41) is 11.8. The summed E-state index contributed by atoms with van der Waals surface area (Å²) < 4.78 is 34.2. The van der Waals surface area contributed by atoms with E-state index in [0.717, 1.165) is 64.8 Å². The van der Waals surface area contributed by atoms with Crippen molar-refractivity contribution in [1.29, 1.82) is 0 Å². The fourth-order valence-electron chi connectivity index (χ4n) is 5.00. The highest BCUT2D eigenvalue weighted by molar-refractivity contribution is 7.89. The minimum atomic E-state index is -3.80. The highest BCUT2D eigenvalue weighted by Crippen LogP contribution is 2.32. The van der Waals surface area contributed by atoms with E-state index in [4.69, 9.17) is 4.74 Å². The van der Waals surface area contributed by atoms with Crippen molar-refractivity contribution in [3.63, 3.8) is 0 Å². The number of hydrogen-bond acceptors (Lipinski definition) is 7. The minimum Gasteiger partial charge on any atom is -0.377 e. The maximum atomic E-state index is 12.9. The number of nitro groups is 1. The van der Waals surface area contributed by atoms with Crippen LogP contribution in [0.1, 0.15) is 45.4 Å². The van der Waals surface area contributed by atoms with Crippen LogP contribution in [-0.4, -0.2) is 69.7 Å². The summed E-state index contributed by atoms with van der Waals surface area (Å²) in [5.41, 5.74) is 0.329. The zero-order valence-electron chi connectivity index (χ0n) is 18.7. The van der Waals surface area contributed by atoms with Gasteiger partial charge in [-0.1, -0.05) is 6.92 Å². The second kappa shape index (κ2) is 10.0. The molecule has 9 nitrogen and oxygen atoms in total. The second-order valence-corrected chi connectivity index (χ2v) is 11.1. The number of ether oxygens (including phenoxy) is 1. The van der Waals surface area contributed by atoms with Gasteiger partial charge in [0, 0.05) is 51.4 Å². The van der Waals surface area contributed by atoms with Crippen LogP contribution in [0.4, 0.5) is 11.4 Å². The van der Waals surface area contributed by atoms with E-state index in [2.05, 4.69) is 16.5 Å². The SMILES string of the molecule is CC1CCC(NS(=O)(=O)c2ccc(N3CCN(CC4CCCO4)CC3)c([N+](=O)[O-])c2)CC1. The van der Waals surface area contributed by atoms with Crippen molar-refractivity contribution in [3.8, 4) is 0 Å².